The van der Waals surface area contributed by atoms with E-state index in [9.17, 15) is 15.0 Å². The molecule has 0 fully saturated rings. The van der Waals surface area contributed by atoms with Gasteiger partial charge in [0.2, 0.25) is 11.5 Å². The van der Waals surface area contributed by atoms with E-state index in [2.05, 4.69) is 0 Å². The molecule has 0 aromatic heterocycles. The first kappa shape index (κ1) is 15.2. The lowest BCUT2D eigenvalue weighted by Crippen LogP contribution is -2.36. The third-order valence-electron chi connectivity index (χ3n) is 3.77. The number of methoxy groups -OCH3 is 2. The Bertz CT molecular complexity index is 740. The lowest BCUT2D eigenvalue weighted by Gasteiger charge is -2.31. The lowest BCUT2D eigenvalue weighted by molar-refractivity contribution is 0.0209. The number of carbonyl (C=O) groups is 1. The van der Waals surface area contributed by atoms with E-state index in [-0.39, 0.29) is 28.6 Å². The van der Waals surface area contributed by atoms with Crippen molar-refractivity contribution in [1.29, 1.82) is 0 Å². The average Bonchev–Trinajstić information content (AvgIpc) is 2.57. The zero-order chi connectivity index (χ0) is 16.6. The number of hydrogen-bond donors (Lipinski definition) is 2. The van der Waals surface area contributed by atoms with Crippen molar-refractivity contribution in [3.8, 4) is 23.0 Å². The molecule has 2 aromatic rings. The van der Waals surface area contributed by atoms with Crippen LogP contribution in [0.5, 0.6) is 23.0 Å². The Hall–Kier alpha value is -2.73. The fraction of sp³-hybridized carbons (Fsp3) is 0.235. The van der Waals surface area contributed by atoms with Crippen LogP contribution in [0.15, 0.2) is 36.4 Å². The summed E-state index contributed by atoms with van der Waals surface area (Å²) >= 11 is 0. The maximum absolute atomic E-state index is 12.6. The van der Waals surface area contributed by atoms with Gasteiger partial charge in [-0.3, -0.25) is 4.79 Å². The Morgan fingerprint density at radius 2 is 1.74 bits per heavy atom. The molecule has 2 N–H and O–H groups in total. The van der Waals surface area contributed by atoms with E-state index in [1.807, 2.05) is 6.07 Å². The number of aliphatic hydroxyl groups is 1. The quantitative estimate of drug-likeness (QED) is 0.902. The molecule has 2 aromatic carbocycles. The van der Waals surface area contributed by atoms with Gasteiger partial charge in [-0.1, -0.05) is 30.3 Å². The third-order valence-corrected chi connectivity index (χ3v) is 3.77. The number of Topliss-reactive ketones (excluding diaryl/α,β-unsaturated/α-hetero) is 1. The molecule has 0 radical (unpaired) electrons. The van der Waals surface area contributed by atoms with Crippen molar-refractivity contribution in [3.63, 3.8) is 0 Å². The van der Waals surface area contributed by atoms with E-state index in [0.717, 1.165) is 0 Å². The molecule has 0 spiro atoms. The highest BCUT2D eigenvalue weighted by Crippen LogP contribution is 2.48. The predicted octanol–water partition coefficient (Wildman–Crippen LogP) is 2.09. The van der Waals surface area contributed by atoms with Crippen molar-refractivity contribution in [2.45, 2.75) is 12.2 Å². The normalized spacial score (nSPS) is 19.7. The third kappa shape index (κ3) is 2.37. The summed E-state index contributed by atoms with van der Waals surface area (Å²) in [7, 11) is 2.70. The van der Waals surface area contributed by atoms with Gasteiger partial charge in [0.25, 0.3) is 0 Å². The molecule has 1 heterocycles. The van der Waals surface area contributed by atoms with Gasteiger partial charge in [-0.2, -0.15) is 0 Å². The van der Waals surface area contributed by atoms with Crippen LogP contribution in [0.25, 0.3) is 0 Å². The molecular weight excluding hydrogens is 300 g/mol. The molecule has 0 bridgehead atoms. The molecule has 0 amide bonds. The molecule has 0 saturated heterocycles. The van der Waals surface area contributed by atoms with E-state index in [0.29, 0.717) is 5.56 Å². The minimum Gasteiger partial charge on any atom is -0.504 e. The maximum Gasteiger partial charge on any atom is 0.204 e. The second kappa shape index (κ2) is 5.81. The standard InChI is InChI=1S/C17H16O6/c1-21-16-10(18)8-11-12(17(16)22-2)13(19)14(20)15(23-11)9-6-4-3-5-7-9/h3-8,14-15,18,20H,1-2H3/t14-,15+/m0/s1. The van der Waals surface area contributed by atoms with Gasteiger partial charge in [0.1, 0.15) is 11.3 Å². The van der Waals surface area contributed by atoms with Gasteiger partial charge >= 0.3 is 0 Å². The van der Waals surface area contributed by atoms with Crippen LogP contribution >= 0.6 is 0 Å². The maximum atomic E-state index is 12.6. The Labute approximate surface area is 132 Å². The average molecular weight is 316 g/mol. The number of aliphatic hydroxyl groups excluding tert-OH is 1. The van der Waals surface area contributed by atoms with Crippen LogP contribution in [0.1, 0.15) is 22.0 Å². The summed E-state index contributed by atoms with van der Waals surface area (Å²) in [6, 6.07) is 10.2. The molecule has 2 atom stereocenters. The molecule has 0 unspecified atom stereocenters. The highest BCUT2D eigenvalue weighted by atomic mass is 16.5. The number of rotatable bonds is 3. The fourth-order valence-corrected chi connectivity index (χ4v) is 2.70. The molecule has 6 nitrogen and oxygen atoms in total. The first-order valence-corrected chi connectivity index (χ1v) is 7.00. The van der Waals surface area contributed by atoms with E-state index < -0.39 is 18.0 Å². The highest BCUT2D eigenvalue weighted by molar-refractivity contribution is 6.06. The number of ketones is 1. The van der Waals surface area contributed by atoms with Crippen molar-refractivity contribution in [1.82, 2.24) is 0 Å². The Morgan fingerprint density at radius 3 is 2.35 bits per heavy atom. The van der Waals surface area contributed by atoms with Crippen LogP contribution in [-0.2, 0) is 0 Å². The lowest BCUT2D eigenvalue weighted by atomic mass is 9.92. The van der Waals surface area contributed by atoms with Gasteiger partial charge in [-0.15, -0.1) is 0 Å². The zero-order valence-corrected chi connectivity index (χ0v) is 12.6. The monoisotopic (exact) mass is 316 g/mol. The Morgan fingerprint density at radius 1 is 1.09 bits per heavy atom. The van der Waals surface area contributed by atoms with E-state index in [1.54, 1.807) is 24.3 Å². The Kier molecular flexibility index (Phi) is 3.83. The largest absolute Gasteiger partial charge is 0.504 e. The summed E-state index contributed by atoms with van der Waals surface area (Å²) in [5, 5.41) is 20.4. The molecular formula is C17H16O6. The van der Waals surface area contributed by atoms with Crippen molar-refractivity contribution in [2.24, 2.45) is 0 Å². The minimum absolute atomic E-state index is 0.0218. The number of fused-ring (bicyclic) bond motifs is 1. The van der Waals surface area contributed by atoms with Gasteiger partial charge in [-0.25, -0.2) is 0 Å². The molecule has 0 aliphatic carbocycles. The molecule has 120 valence electrons. The van der Waals surface area contributed by atoms with Gasteiger partial charge in [0, 0.05) is 6.07 Å². The van der Waals surface area contributed by atoms with Crippen LogP contribution in [-0.4, -0.2) is 36.3 Å². The van der Waals surface area contributed by atoms with Crippen LogP contribution in [0.4, 0.5) is 0 Å². The van der Waals surface area contributed by atoms with Gasteiger partial charge < -0.3 is 24.4 Å². The van der Waals surface area contributed by atoms with Crippen LogP contribution in [0, 0.1) is 0 Å². The summed E-state index contributed by atoms with van der Waals surface area (Å²) < 4.78 is 16.0. The molecule has 1 aliphatic rings. The van der Waals surface area contributed by atoms with E-state index in [4.69, 9.17) is 14.2 Å². The molecule has 1 aliphatic heterocycles. The summed E-state index contributed by atoms with van der Waals surface area (Å²) in [6.07, 6.45) is -2.23. The van der Waals surface area contributed by atoms with Crippen molar-refractivity contribution in [3.05, 3.63) is 47.5 Å². The summed E-state index contributed by atoms with van der Waals surface area (Å²) in [6.45, 7) is 0. The second-order valence-corrected chi connectivity index (χ2v) is 5.09. The molecule has 23 heavy (non-hydrogen) atoms. The summed E-state index contributed by atoms with van der Waals surface area (Å²) in [4.78, 5) is 12.6. The van der Waals surface area contributed by atoms with Crippen molar-refractivity contribution in [2.75, 3.05) is 14.2 Å². The number of benzene rings is 2. The number of carbonyl (C=O) groups excluding carboxylic acids is 1. The smallest absolute Gasteiger partial charge is 0.204 e. The fourth-order valence-electron chi connectivity index (χ4n) is 2.70. The molecule has 3 rings (SSSR count). The van der Waals surface area contributed by atoms with Crippen LogP contribution in [0.2, 0.25) is 0 Å². The van der Waals surface area contributed by atoms with Crippen molar-refractivity contribution >= 4 is 5.78 Å². The number of phenols is 1. The number of ether oxygens (including phenoxy) is 3. The molecule has 6 heteroatoms. The van der Waals surface area contributed by atoms with Crippen molar-refractivity contribution < 1.29 is 29.2 Å². The van der Waals surface area contributed by atoms with Gasteiger partial charge in [0.15, 0.2) is 23.7 Å². The topological polar surface area (TPSA) is 85.2 Å². The summed E-state index contributed by atoms with van der Waals surface area (Å²) in [5.74, 6) is -0.551. The zero-order valence-electron chi connectivity index (χ0n) is 12.6. The van der Waals surface area contributed by atoms with Gasteiger partial charge in [-0.05, 0) is 5.56 Å². The molecule has 0 saturated carbocycles. The first-order chi connectivity index (χ1) is 11.1. The van der Waals surface area contributed by atoms with Gasteiger partial charge in [0.05, 0.1) is 14.2 Å². The number of hydrogen-bond acceptors (Lipinski definition) is 6. The summed E-state index contributed by atoms with van der Waals surface area (Å²) in [5.41, 5.74) is 0.718. The number of aromatic hydroxyl groups is 1. The van der Waals surface area contributed by atoms with E-state index in [1.165, 1.54) is 20.3 Å². The Balaban J connectivity index is 2.14. The first-order valence-electron chi connectivity index (χ1n) is 7.00. The van der Waals surface area contributed by atoms with Crippen LogP contribution < -0.4 is 14.2 Å². The van der Waals surface area contributed by atoms with Crippen LogP contribution in [0.3, 0.4) is 0 Å². The number of phenolic OH excluding ortho intramolecular Hbond substituents is 1. The highest BCUT2D eigenvalue weighted by Gasteiger charge is 2.40. The van der Waals surface area contributed by atoms with E-state index >= 15 is 0 Å². The second-order valence-electron chi connectivity index (χ2n) is 5.09. The predicted molar refractivity (Wildman–Crippen MR) is 81.4 cm³/mol. The SMILES string of the molecule is COc1c(O)cc2c(c1OC)C(=O)[C@H](O)[C@@H](c1ccccc1)O2. The minimum atomic E-state index is -1.38.